The molecule has 1 N–H and O–H groups in total. The molecule has 2 saturated carbocycles. The minimum Gasteiger partial charge on any atom is -0.469 e. The molecular formula is C24H34O3. The lowest BCUT2D eigenvalue weighted by Gasteiger charge is -2.19. The van der Waals surface area contributed by atoms with E-state index in [0.717, 1.165) is 12.8 Å². The number of methoxy groups -OCH3 is 1. The molecule has 5 atom stereocenters. The van der Waals surface area contributed by atoms with Gasteiger partial charge in [0.25, 0.3) is 0 Å². The zero-order chi connectivity index (χ0) is 19.2. The Balaban J connectivity index is 1.53. The van der Waals surface area contributed by atoms with Gasteiger partial charge in [-0.1, -0.05) is 56.2 Å². The standard InChI is InChI=1S/C24H34O3/c1-3-4-5-6-7-11-19-20-16-22(25)21(24(19)20)15-18-10-8-9-17(14-18)12-13-23(26)27-2/h7-11,14,19-22,24-25H,3-6,12-13,15-16H2,1-2H3/b11-7+. The molecule has 3 rings (SSSR count). The summed E-state index contributed by atoms with van der Waals surface area (Å²) in [5.41, 5.74) is 2.45. The number of carbonyl (C=O) groups is 1. The number of rotatable bonds is 10. The number of unbranched alkanes of at least 4 members (excludes halogenated alkanes) is 3. The van der Waals surface area contributed by atoms with Crippen molar-refractivity contribution in [2.75, 3.05) is 7.11 Å². The molecule has 2 fully saturated rings. The number of allylic oxidation sites excluding steroid dienone is 2. The average Bonchev–Trinajstić information content (AvgIpc) is 3.24. The monoisotopic (exact) mass is 370 g/mol. The third-order valence-electron chi connectivity index (χ3n) is 6.44. The number of carbonyl (C=O) groups excluding carboxylic acids is 1. The van der Waals surface area contributed by atoms with Crippen molar-refractivity contribution in [3.8, 4) is 0 Å². The van der Waals surface area contributed by atoms with Crippen LogP contribution in [0, 0.1) is 23.7 Å². The van der Waals surface area contributed by atoms with Crippen LogP contribution in [0.25, 0.3) is 0 Å². The van der Waals surface area contributed by atoms with Crippen LogP contribution in [0.15, 0.2) is 36.4 Å². The maximum absolute atomic E-state index is 11.4. The van der Waals surface area contributed by atoms with Crippen LogP contribution in [0.3, 0.4) is 0 Å². The van der Waals surface area contributed by atoms with E-state index in [0.29, 0.717) is 36.5 Å². The van der Waals surface area contributed by atoms with Gasteiger partial charge in [0.2, 0.25) is 0 Å². The maximum Gasteiger partial charge on any atom is 0.305 e. The molecule has 2 aliphatic rings. The third-order valence-corrected chi connectivity index (χ3v) is 6.44. The van der Waals surface area contributed by atoms with Gasteiger partial charge in [-0.3, -0.25) is 4.79 Å². The zero-order valence-electron chi connectivity index (χ0n) is 16.8. The summed E-state index contributed by atoms with van der Waals surface area (Å²) in [6, 6.07) is 8.48. The quantitative estimate of drug-likeness (QED) is 0.368. The summed E-state index contributed by atoms with van der Waals surface area (Å²) in [6.07, 6.45) is 12.7. The molecule has 0 aliphatic heterocycles. The minimum absolute atomic E-state index is 0.163. The number of fused-ring (bicyclic) bond motifs is 1. The molecule has 3 heteroatoms. The maximum atomic E-state index is 11.4. The molecule has 0 saturated heterocycles. The van der Waals surface area contributed by atoms with Crippen molar-refractivity contribution in [1.82, 2.24) is 0 Å². The zero-order valence-corrected chi connectivity index (χ0v) is 16.8. The summed E-state index contributed by atoms with van der Waals surface area (Å²) in [4.78, 5) is 11.4. The molecule has 0 amide bonds. The van der Waals surface area contributed by atoms with Crippen LogP contribution in [0.1, 0.15) is 56.6 Å². The van der Waals surface area contributed by atoms with Crippen LogP contribution in [0.2, 0.25) is 0 Å². The second-order valence-corrected chi connectivity index (χ2v) is 8.31. The fraction of sp³-hybridized carbons (Fsp3) is 0.625. The van der Waals surface area contributed by atoms with Crippen molar-refractivity contribution in [2.24, 2.45) is 23.7 Å². The molecule has 5 unspecified atom stereocenters. The molecule has 0 radical (unpaired) electrons. The van der Waals surface area contributed by atoms with Crippen LogP contribution < -0.4 is 0 Å². The normalized spacial score (nSPS) is 29.1. The van der Waals surface area contributed by atoms with Crippen molar-refractivity contribution < 1.29 is 14.6 Å². The van der Waals surface area contributed by atoms with E-state index in [-0.39, 0.29) is 12.1 Å². The Morgan fingerprint density at radius 2 is 2.11 bits per heavy atom. The summed E-state index contributed by atoms with van der Waals surface area (Å²) >= 11 is 0. The van der Waals surface area contributed by atoms with E-state index in [2.05, 4.69) is 43.3 Å². The van der Waals surface area contributed by atoms with E-state index in [4.69, 9.17) is 4.74 Å². The van der Waals surface area contributed by atoms with Gasteiger partial charge in [-0.15, -0.1) is 0 Å². The highest BCUT2D eigenvalue weighted by atomic mass is 16.5. The number of aryl methyl sites for hydroxylation is 1. The Morgan fingerprint density at radius 3 is 2.89 bits per heavy atom. The fourth-order valence-corrected chi connectivity index (χ4v) is 4.90. The Labute approximate surface area is 163 Å². The van der Waals surface area contributed by atoms with Crippen molar-refractivity contribution in [3.63, 3.8) is 0 Å². The number of hydrogen-bond acceptors (Lipinski definition) is 3. The van der Waals surface area contributed by atoms with E-state index < -0.39 is 0 Å². The molecule has 3 nitrogen and oxygen atoms in total. The first-order valence-electron chi connectivity index (χ1n) is 10.6. The van der Waals surface area contributed by atoms with E-state index in [9.17, 15) is 9.90 Å². The molecule has 27 heavy (non-hydrogen) atoms. The largest absolute Gasteiger partial charge is 0.469 e. The molecule has 2 aliphatic carbocycles. The molecule has 148 valence electrons. The highest BCUT2D eigenvalue weighted by Gasteiger charge is 2.59. The van der Waals surface area contributed by atoms with Crippen molar-refractivity contribution in [2.45, 2.75) is 64.4 Å². The van der Waals surface area contributed by atoms with Crippen LogP contribution in [-0.2, 0) is 22.4 Å². The van der Waals surface area contributed by atoms with Crippen LogP contribution >= 0.6 is 0 Å². The van der Waals surface area contributed by atoms with E-state index in [1.807, 2.05) is 0 Å². The summed E-state index contributed by atoms with van der Waals surface area (Å²) in [7, 11) is 1.43. The summed E-state index contributed by atoms with van der Waals surface area (Å²) in [5.74, 6) is 2.23. The summed E-state index contributed by atoms with van der Waals surface area (Å²) < 4.78 is 4.73. The Hall–Kier alpha value is -1.61. The number of hydrogen-bond donors (Lipinski definition) is 1. The minimum atomic E-state index is -0.166. The lowest BCUT2D eigenvalue weighted by atomic mass is 9.89. The second kappa shape index (κ2) is 9.54. The second-order valence-electron chi connectivity index (χ2n) is 8.31. The van der Waals surface area contributed by atoms with Gasteiger partial charge in [0, 0.05) is 6.42 Å². The topological polar surface area (TPSA) is 46.5 Å². The Kier molecular flexibility index (Phi) is 7.12. The van der Waals surface area contributed by atoms with E-state index in [1.54, 1.807) is 0 Å². The van der Waals surface area contributed by atoms with Gasteiger partial charge in [-0.2, -0.15) is 0 Å². The fourth-order valence-electron chi connectivity index (χ4n) is 4.90. The average molecular weight is 371 g/mol. The van der Waals surface area contributed by atoms with Gasteiger partial charge in [-0.25, -0.2) is 0 Å². The van der Waals surface area contributed by atoms with Gasteiger partial charge in [0.1, 0.15) is 0 Å². The Morgan fingerprint density at radius 1 is 1.30 bits per heavy atom. The van der Waals surface area contributed by atoms with Crippen LogP contribution in [-0.4, -0.2) is 24.3 Å². The molecule has 0 bridgehead atoms. The molecule has 0 aromatic heterocycles. The molecule has 0 spiro atoms. The third kappa shape index (κ3) is 5.22. The van der Waals surface area contributed by atoms with Crippen molar-refractivity contribution >= 4 is 5.97 Å². The Bertz CT molecular complexity index is 651. The highest BCUT2D eigenvalue weighted by molar-refractivity contribution is 5.69. The highest BCUT2D eigenvalue weighted by Crippen LogP contribution is 2.61. The summed E-state index contributed by atoms with van der Waals surface area (Å²) in [5, 5.41) is 10.5. The van der Waals surface area contributed by atoms with Gasteiger partial charge < -0.3 is 9.84 Å². The lowest BCUT2D eigenvalue weighted by molar-refractivity contribution is -0.140. The van der Waals surface area contributed by atoms with Gasteiger partial charge in [0.15, 0.2) is 0 Å². The SMILES string of the molecule is CCCCC/C=C/C1C2CC(O)C(Cc3cccc(CCC(=O)OC)c3)C12. The van der Waals surface area contributed by atoms with Gasteiger partial charge in [0.05, 0.1) is 13.2 Å². The number of benzene rings is 1. The van der Waals surface area contributed by atoms with Crippen LogP contribution in [0.4, 0.5) is 0 Å². The van der Waals surface area contributed by atoms with Gasteiger partial charge in [-0.05, 0) is 66.9 Å². The first kappa shape index (κ1) is 20.1. The smallest absolute Gasteiger partial charge is 0.305 e. The number of aliphatic hydroxyl groups is 1. The molecule has 0 heterocycles. The number of esters is 1. The predicted octanol–water partition coefficient (Wildman–Crippen LogP) is 4.71. The van der Waals surface area contributed by atoms with Crippen molar-refractivity contribution in [1.29, 1.82) is 0 Å². The molecule has 1 aromatic rings. The molecular weight excluding hydrogens is 336 g/mol. The van der Waals surface area contributed by atoms with Crippen molar-refractivity contribution in [3.05, 3.63) is 47.5 Å². The van der Waals surface area contributed by atoms with E-state index >= 15 is 0 Å². The van der Waals surface area contributed by atoms with E-state index in [1.165, 1.54) is 43.9 Å². The lowest BCUT2D eigenvalue weighted by Crippen LogP contribution is -2.21. The number of aliphatic hydroxyl groups excluding tert-OH is 1. The van der Waals surface area contributed by atoms with Gasteiger partial charge >= 0.3 is 5.97 Å². The summed E-state index contributed by atoms with van der Waals surface area (Å²) in [6.45, 7) is 2.24. The van der Waals surface area contributed by atoms with Crippen LogP contribution in [0.5, 0.6) is 0 Å². The first-order valence-corrected chi connectivity index (χ1v) is 10.6. The molecule has 1 aromatic carbocycles. The number of ether oxygens (including phenoxy) is 1. The first-order chi connectivity index (χ1) is 13.1. The predicted molar refractivity (Wildman–Crippen MR) is 108 cm³/mol.